The smallest absolute Gasteiger partial charge is 0.0575 e. The molecule has 12 heavy (non-hydrogen) atoms. The van der Waals surface area contributed by atoms with Crippen LogP contribution in [0.15, 0.2) is 18.3 Å². The van der Waals surface area contributed by atoms with Gasteiger partial charge in [0.05, 0.1) is 17.6 Å². The van der Waals surface area contributed by atoms with Gasteiger partial charge >= 0.3 is 0 Å². The first-order valence-corrected chi connectivity index (χ1v) is 4.08. The van der Waals surface area contributed by atoms with Crippen molar-refractivity contribution in [3.8, 4) is 0 Å². The average molecular weight is 165 g/mol. The maximum Gasteiger partial charge on any atom is 0.0575 e. The molecule has 1 unspecified atom stereocenters. The van der Waals surface area contributed by atoms with E-state index < -0.39 is 0 Å². The Morgan fingerprint density at radius 3 is 2.42 bits per heavy atom. The molecule has 1 aromatic rings. The molecule has 0 amide bonds. The fraction of sp³-hybridized carbons (Fsp3) is 0.444. The van der Waals surface area contributed by atoms with Crippen molar-refractivity contribution in [2.75, 3.05) is 5.73 Å². The van der Waals surface area contributed by atoms with Gasteiger partial charge in [-0.2, -0.15) is 0 Å². The first-order chi connectivity index (χ1) is 5.61. The van der Waals surface area contributed by atoms with E-state index in [0.29, 0.717) is 11.6 Å². The third-order valence-electron chi connectivity index (χ3n) is 1.87. The van der Waals surface area contributed by atoms with E-state index in [2.05, 4.69) is 18.8 Å². The van der Waals surface area contributed by atoms with Crippen molar-refractivity contribution in [3.05, 3.63) is 24.0 Å². The molecule has 4 N–H and O–H groups in total. The Bertz CT molecular complexity index is 240. The topological polar surface area (TPSA) is 64.9 Å². The molecule has 0 aliphatic rings. The average Bonchev–Trinajstić information content (AvgIpc) is 2.04. The zero-order valence-electron chi connectivity index (χ0n) is 7.49. The van der Waals surface area contributed by atoms with Crippen LogP contribution in [-0.4, -0.2) is 4.98 Å². The maximum atomic E-state index is 5.88. The van der Waals surface area contributed by atoms with Crippen LogP contribution in [0.3, 0.4) is 0 Å². The molecule has 0 fully saturated rings. The Hall–Kier alpha value is -1.09. The fourth-order valence-corrected chi connectivity index (χ4v) is 0.955. The van der Waals surface area contributed by atoms with Gasteiger partial charge < -0.3 is 11.5 Å². The largest absolute Gasteiger partial charge is 0.397 e. The summed E-state index contributed by atoms with van der Waals surface area (Å²) in [5, 5.41) is 0. The lowest BCUT2D eigenvalue weighted by Crippen LogP contribution is -2.17. The lowest BCUT2D eigenvalue weighted by molar-refractivity contribution is 0.503. The zero-order valence-corrected chi connectivity index (χ0v) is 7.49. The summed E-state index contributed by atoms with van der Waals surface area (Å²) < 4.78 is 0. The molecular weight excluding hydrogens is 150 g/mol. The van der Waals surface area contributed by atoms with Crippen molar-refractivity contribution in [3.63, 3.8) is 0 Å². The molecule has 0 aromatic carbocycles. The number of aromatic nitrogens is 1. The second kappa shape index (κ2) is 3.54. The summed E-state index contributed by atoms with van der Waals surface area (Å²) in [5.41, 5.74) is 13.0. The fourth-order valence-electron chi connectivity index (χ4n) is 0.955. The molecule has 66 valence electrons. The summed E-state index contributed by atoms with van der Waals surface area (Å²) in [6.07, 6.45) is 1.64. The number of nitrogens with zero attached hydrogens (tertiary/aromatic N) is 1. The molecule has 0 bridgehead atoms. The van der Waals surface area contributed by atoms with Crippen LogP contribution in [0.5, 0.6) is 0 Å². The summed E-state index contributed by atoms with van der Waals surface area (Å²) in [5.74, 6) is 0.404. The highest BCUT2D eigenvalue weighted by Crippen LogP contribution is 2.16. The van der Waals surface area contributed by atoms with Crippen molar-refractivity contribution in [1.82, 2.24) is 4.98 Å². The van der Waals surface area contributed by atoms with E-state index in [1.54, 1.807) is 6.20 Å². The second-order valence-electron chi connectivity index (χ2n) is 3.29. The maximum absolute atomic E-state index is 5.88. The molecule has 0 saturated carbocycles. The summed E-state index contributed by atoms with van der Waals surface area (Å²) in [4.78, 5) is 4.15. The highest BCUT2D eigenvalue weighted by atomic mass is 14.8. The van der Waals surface area contributed by atoms with Gasteiger partial charge in [-0.3, -0.25) is 4.98 Å². The van der Waals surface area contributed by atoms with Gasteiger partial charge in [0, 0.05) is 6.04 Å². The molecule has 1 heterocycles. The molecule has 1 aromatic heterocycles. The molecule has 0 radical (unpaired) electrons. The van der Waals surface area contributed by atoms with E-state index >= 15 is 0 Å². The zero-order chi connectivity index (χ0) is 9.14. The summed E-state index contributed by atoms with van der Waals surface area (Å²) in [6.45, 7) is 4.14. The van der Waals surface area contributed by atoms with E-state index in [4.69, 9.17) is 11.5 Å². The third kappa shape index (κ3) is 1.95. The standard InChI is InChI=1S/C9H15N3/c1-6(2)9(11)8-4-3-7(10)5-12-8/h3-6,9H,10-11H2,1-2H3. The quantitative estimate of drug-likeness (QED) is 0.694. The number of hydrogen-bond donors (Lipinski definition) is 2. The van der Waals surface area contributed by atoms with Gasteiger partial charge in [-0.05, 0) is 18.1 Å². The van der Waals surface area contributed by atoms with Crippen LogP contribution in [0.25, 0.3) is 0 Å². The van der Waals surface area contributed by atoms with E-state index in [1.165, 1.54) is 0 Å². The highest BCUT2D eigenvalue weighted by molar-refractivity contribution is 5.35. The molecule has 0 spiro atoms. The first-order valence-electron chi connectivity index (χ1n) is 4.08. The number of anilines is 1. The van der Waals surface area contributed by atoms with Crippen LogP contribution in [0, 0.1) is 5.92 Å². The van der Waals surface area contributed by atoms with E-state index in [0.717, 1.165) is 5.69 Å². The van der Waals surface area contributed by atoms with Crippen molar-refractivity contribution in [2.24, 2.45) is 11.7 Å². The number of rotatable bonds is 2. The minimum atomic E-state index is 0.00519. The van der Waals surface area contributed by atoms with Gasteiger partial charge in [0.15, 0.2) is 0 Å². The molecule has 1 atom stereocenters. The molecule has 0 saturated heterocycles. The van der Waals surface area contributed by atoms with Crippen LogP contribution in [0.2, 0.25) is 0 Å². The normalized spacial score (nSPS) is 13.3. The predicted molar refractivity (Wildman–Crippen MR) is 50.4 cm³/mol. The minimum Gasteiger partial charge on any atom is -0.397 e. The summed E-state index contributed by atoms with van der Waals surface area (Å²) in [6, 6.07) is 3.70. The Morgan fingerprint density at radius 1 is 1.33 bits per heavy atom. The third-order valence-corrected chi connectivity index (χ3v) is 1.87. The van der Waals surface area contributed by atoms with Crippen LogP contribution < -0.4 is 11.5 Å². The predicted octanol–water partition coefficient (Wildman–Crippen LogP) is 1.32. The number of hydrogen-bond acceptors (Lipinski definition) is 3. The molecule has 0 aliphatic carbocycles. The molecule has 3 heteroatoms. The Morgan fingerprint density at radius 2 is 2.00 bits per heavy atom. The Labute approximate surface area is 72.8 Å². The monoisotopic (exact) mass is 165 g/mol. The van der Waals surface area contributed by atoms with Crippen molar-refractivity contribution in [1.29, 1.82) is 0 Å². The first kappa shape index (κ1) is 9.00. The molecular formula is C9H15N3. The Balaban J connectivity index is 2.82. The van der Waals surface area contributed by atoms with Crippen LogP contribution >= 0.6 is 0 Å². The summed E-state index contributed by atoms with van der Waals surface area (Å²) in [7, 11) is 0. The van der Waals surface area contributed by atoms with E-state index in [-0.39, 0.29) is 6.04 Å². The van der Waals surface area contributed by atoms with Crippen molar-refractivity contribution >= 4 is 5.69 Å². The van der Waals surface area contributed by atoms with Gasteiger partial charge in [-0.15, -0.1) is 0 Å². The lowest BCUT2D eigenvalue weighted by Gasteiger charge is -2.14. The van der Waals surface area contributed by atoms with Gasteiger partial charge in [0.1, 0.15) is 0 Å². The van der Waals surface area contributed by atoms with Crippen LogP contribution in [0.4, 0.5) is 5.69 Å². The van der Waals surface area contributed by atoms with Crippen molar-refractivity contribution in [2.45, 2.75) is 19.9 Å². The summed E-state index contributed by atoms with van der Waals surface area (Å²) >= 11 is 0. The number of nitrogen functional groups attached to an aromatic ring is 1. The van der Waals surface area contributed by atoms with Gasteiger partial charge in [-0.1, -0.05) is 13.8 Å². The van der Waals surface area contributed by atoms with Crippen LogP contribution in [-0.2, 0) is 0 Å². The van der Waals surface area contributed by atoms with E-state index in [1.807, 2.05) is 12.1 Å². The number of pyridine rings is 1. The highest BCUT2D eigenvalue weighted by Gasteiger charge is 2.10. The number of nitrogens with two attached hydrogens (primary N) is 2. The second-order valence-corrected chi connectivity index (χ2v) is 3.29. The minimum absolute atomic E-state index is 0.00519. The van der Waals surface area contributed by atoms with Crippen molar-refractivity contribution < 1.29 is 0 Å². The van der Waals surface area contributed by atoms with Gasteiger partial charge in [0.25, 0.3) is 0 Å². The van der Waals surface area contributed by atoms with Gasteiger partial charge in [-0.25, -0.2) is 0 Å². The SMILES string of the molecule is CC(C)C(N)c1ccc(N)cn1. The lowest BCUT2D eigenvalue weighted by atomic mass is 10.0. The van der Waals surface area contributed by atoms with Crippen LogP contribution in [0.1, 0.15) is 25.6 Å². The molecule has 0 aliphatic heterocycles. The molecule has 3 nitrogen and oxygen atoms in total. The molecule has 1 rings (SSSR count). The van der Waals surface area contributed by atoms with E-state index in [9.17, 15) is 0 Å². The Kier molecular flexibility index (Phi) is 2.65. The van der Waals surface area contributed by atoms with Gasteiger partial charge in [0.2, 0.25) is 0 Å².